The van der Waals surface area contributed by atoms with Crippen molar-refractivity contribution in [2.24, 2.45) is 0 Å². The van der Waals surface area contributed by atoms with Gasteiger partial charge in [0.2, 0.25) is 0 Å². The number of phenolic OH excluding ortho intramolecular Hbond substituents is 1. The van der Waals surface area contributed by atoms with E-state index in [0.717, 1.165) is 34.2 Å². The number of anilines is 1. The summed E-state index contributed by atoms with van der Waals surface area (Å²) in [6, 6.07) is 10.9. The van der Waals surface area contributed by atoms with Crippen molar-refractivity contribution in [2.45, 2.75) is 25.6 Å². The third kappa shape index (κ3) is 4.01. The predicted molar refractivity (Wildman–Crippen MR) is 122 cm³/mol. The molecule has 0 aromatic heterocycles. The summed E-state index contributed by atoms with van der Waals surface area (Å²) in [6.45, 7) is 1.27. The zero-order valence-corrected chi connectivity index (χ0v) is 18.6. The van der Waals surface area contributed by atoms with E-state index in [4.69, 9.17) is 4.74 Å². The summed E-state index contributed by atoms with van der Waals surface area (Å²) < 4.78 is 6.42. The lowest BCUT2D eigenvalue weighted by molar-refractivity contribution is -0.114. The average molecular weight is 519 g/mol. The summed E-state index contributed by atoms with van der Waals surface area (Å²) >= 11 is 2.15. The standard InChI is InChI=1S/C22H22IN3O4/c1-30-20-3-2-8-26(20)18-7-4-13(9-19(18)27)11-24-12-17-16-10-14(23)5-6-15(16)21(28)25-22(17)29/h4-7,9-10,12,20,24,27H,2-3,8,11H2,1H3,(H,25,28,29)/b17-12-. The van der Waals surface area contributed by atoms with Gasteiger partial charge in [0.15, 0.2) is 0 Å². The van der Waals surface area contributed by atoms with Crippen molar-refractivity contribution in [1.29, 1.82) is 0 Å². The number of carbonyl (C=O) groups excluding carboxylic acids is 2. The maximum absolute atomic E-state index is 12.3. The van der Waals surface area contributed by atoms with Crippen LogP contribution in [0.25, 0.3) is 5.57 Å². The number of hydrogen-bond acceptors (Lipinski definition) is 6. The summed E-state index contributed by atoms with van der Waals surface area (Å²) in [5.74, 6) is -0.619. The largest absolute Gasteiger partial charge is 0.506 e. The molecule has 1 unspecified atom stereocenters. The highest BCUT2D eigenvalue weighted by atomic mass is 127. The number of nitrogens with one attached hydrogen (secondary N) is 2. The lowest BCUT2D eigenvalue weighted by Gasteiger charge is -2.26. The van der Waals surface area contributed by atoms with Crippen LogP contribution < -0.4 is 15.5 Å². The minimum Gasteiger partial charge on any atom is -0.506 e. The van der Waals surface area contributed by atoms with Gasteiger partial charge >= 0.3 is 0 Å². The molecule has 1 fully saturated rings. The first-order valence-corrected chi connectivity index (χ1v) is 10.8. The quantitative estimate of drug-likeness (QED) is 0.320. The van der Waals surface area contributed by atoms with Crippen LogP contribution in [-0.2, 0) is 16.1 Å². The van der Waals surface area contributed by atoms with Crippen LogP contribution in [0.1, 0.15) is 34.3 Å². The van der Waals surface area contributed by atoms with E-state index < -0.39 is 5.91 Å². The van der Waals surface area contributed by atoms with Crippen LogP contribution >= 0.6 is 22.6 Å². The van der Waals surface area contributed by atoms with Crippen molar-refractivity contribution >= 4 is 45.7 Å². The van der Waals surface area contributed by atoms with Gasteiger partial charge in [-0.3, -0.25) is 14.9 Å². The first kappa shape index (κ1) is 20.7. The molecule has 4 rings (SSSR count). The molecular formula is C22H22IN3O4. The minimum absolute atomic E-state index is 0.0139. The van der Waals surface area contributed by atoms with Crippen LogP contribution in [0.5, 0.6) is 5.75 Å². The van der Waals surface area contributed by atoms with Crippen LogP contribution in [-0.4, -0.2) is 36.8 Å². The molecule has 2 aliphatic rings. The molecule has 0 spiro atoms. The van der Waals surface area contributed by atoms with Crippen molar-refractivity contribution in [3.05, 3.63) is 62.9 Å². The van der Waals surface area contributed by atoms with Gasteiger partial charge in [-0.2, -0.15) is 0 Å². The number of aromatic hydroxyl groups is 1. The normalized spacial score (nSPS) is 19.7. The maximum atomic E-state index is 12.3. The van der Waals surface area contributed by atoms with E-state index in [1.54, 1.807) is 25.4 Å². The molecule has 0 saturated carbocycles. The van der Waals surface area contributed by atoms with Crippen molar-refractivity contribution in [3.8, 4) is 5.75 Å². The van der Waals surface area contributed by atoms with E-state index >= 15 is 0 Å². The van der Waals surface area contributed by atoms with Crippen molar-refractivity contribution in [2.75, 3.05) is 18.6 Å². The third-order valence-corrected chi connectivity index (χ3v) is 6.03. The summed E-state index contributed by atoms with van der Waals surface area (Å²) in [4.78, 5) is 26.4. The second-order valence-corrected chi connectivity index (χ2v) is 8.51. The van der Waals surface area contributed by atoms with Gasteiger partial charge in [-0.05, 0) is 71.3 Å². The number of fused-ring (bicyclic) bond motifs is 1. The lowest BCUT2D eigenvalue weighted by Crippen LogP contribution is -2.37. The molecule has 1 saturated heterocycles. The Morgan fingerprint density at radius 1 is 1.23 bits per heavy atom. The zero-order chi connectivity index (χ0) is 21.3. The summed E-state index contributed by atoms with van der Waals surface area (Å²) in [5.41, 5.74) is 3.12. The number of phenols is 1. The number of amides is 2. The second-order valence-electron chi connectivity index (χ2n) is 7.26. The number of methoxy groups -OCH3 is 1. The van der Waals surface area contributed by atoms with Crippen LogP contribution in [0.4, 0.5) is 5.69 Å². The highest BCUT2D eigenvalue weighted by molar-refractivity contribution is 14.1. The molecule has 1 atom stereocenters. The predicted octanol–water partition coefficient (Wildman–Crippen LogP) is 2.97. The lowest BCUT2D eigenvalue weighted by atomic mass is 9.95. The Kier molecular flexibility index (Phi) is 5.96. The van der Waals surface area contributed by atoms with Gasteiger partial charge in [-0.15, -0.1) is 0 Å². The molecule has 2 aromatic carbocycles. The first-order valence-electron chi connectivity index (χ1n) is 9.68. The van der Waals surface area contributed by atoms with Gasteiger partial charge in [-0.25, -0.2) is 0 Å². The Morgan fingerprint density at radius 3 is 2.83 bits per heavy atom. The van der Waals surface area contributed by atoms with Crippen LogP contribution in [0.2, 0.25) is 0 Å². The van der Waals surface area contributed by atoms with Gasteiger partial charge in [-0.1, -0.05) is 6.07 Å². The van der Waals surface area contributed by atoms with E-state index in [-0.39, 0.29) is 17.9 Å². The molecule has 0 bridgehead atoms. The molecule has 7 nitrogen and oxygen atoms in total. The fraction of sp³-hybridized carbons (Fsp3) is 0.273. The van der Waals surface area contributed by atoms with Gasteiger partial charge in [0.05, 0.1) is 11.3 Å². The van der Waals surface area contributed by atoms with Gasteiger partial charge in [0, 0.05) is 41.1 Å². The Balaban J connectivity index is 1.50. The Morgan fingerprint density at radius 2 is 2.07 bits per heavy atom. The van der Waals surface area contributed by atoms with Crippen molar-refractivity contribution in [1.82, 2.24) is 10.6 Å². The molecule has 2 aromatic rings. The van der Waals surface area contributed by atoms with Crippen LogP contribution in [0.15, 0.2) is 42.6 Å². The second kappa shape index (κ2) is 8.65. The molecule has 30 heavy (non-hydrogen) atoms. The molecular weight excluding hydrogens is 497 g/mol. The molecule has 2 aliphatic heterocycles. The maximum Gasteiger partial charge on any atom is 0.260 e. The Bertz CT molecular complexity index is 1040. The average Bonchev–Trinajstić information content (AvgIpc) is 3.19. The van der Waals surface area contributed by atoms with Gasteiger partial charge in [0.25, 0.3) is 11.8 Å². The SMILES string of the molecule is COC1CCCN1c1ccc(CN/C=C2\C(=O)NC(=O)c3ccc(I)cc32)cc1O. The topological polar surface area (TPSA) is 90.9 Å². The molecule has 156 valence electrons. The van der Waals surface area contributed by atoms with E-state index in [2.05, 4.69) is 38.1 Å². The number of imide groups is 1. The number of hydrogen-bond donors (Lipinski definition) is 3. The first-order chi connectivity index (χ1) is 14.5. The van der Waals surface area contributed by atoms with Crippen molar-refractivity contribution < 1.29 is 19.4 Å². The Labute approximate surface area is 188 Å². The highest BCUT2D eigenvalue weighted by Crippen LogP contribution is 2.34. The van der Waals surface area contributed by atoms with Gasteiger partial charge < -0.3 is 20.1 Å². The molecule has 3 N–H and O–H groups in total. The van der Waals surface area contributed by atoms with E-state index in [1.165, 1.54) is 0 Å². The smallest absolute Gasteiger partial charge is 0.260 e. The number of nitrogens with zero attached hydrogens (tertiary/aromatic N) is 1. The molecule has 2 heterocycles. The number of benzene rings is 2. The fourth-order valence-electron chi connectivity index (χ4n) is 3.89. The molecule has 2 amide bonds. The van der Waals surface area contributed by atoms with E-state index in [9.17, 15) is 14.7 Å². The monoisotopic (exact) mass is 519 g/mol. The highest BCUT2D eigenvalue weighted by Gasteiger charge is 2.28. The number of halogens is 1. The minimum atomic E-state index is -0.431. The Hall–Kier alpha value is -2.59. The summed E-state index contributed by atoms with van der Waals surface area (Å²) in [6.07, 6.45) is 3.57. The zero-order valence-electron chi connectivity index (χ0n) is 16.4. The van der Waals surface area contributed by atoms with Crippen LogP contribution in [0, 0.1) is 3.57 Å². The summed E-state index contributed by atoms with van der Waals surface area (Å²) in [7, 11) is 1.68. The number of rotatable bonds is 5. The number of ether oxygens (including phenoxy) is 1. The summed E-state index contributed by atoms with van der Waals surface area (Å²) in [5, 5.41) is 16.0. The van der Waals surface area contributed by atoms with E-state index in [0.29, 0.717) is 23.2 Å². The number of carbonyl (C=O) groups is 2. The molecule has 8 heteroatoms. The van der Waals surface area contributed by atoms with Gasteiger partial charge in [0.1, 0.15) is 12.0 Å². The molecule has 0 radical (unpaired) electrons. The van der Waals surface area contributed by atoms with Crippen molar-refractivity contribution in [3.63, 3.8) is 0 Å². The fourth-order valence-corrected chi connectivity index (χ4v) is 4.38. The van der Waals surface area contributed by atoms with Crippen LogP contribution in [0.3, 0.4) is 0 Å². The van der Waals surface area contributed by atoms with E-state index in [1.807, 2.05) is 24.3 Å². The molecule has 0 aliphatic carbocycles. The third-order valence-electron chi connectivity index (χ3n) is 5.36.